The van der Waals surface area contributed by atoms with Gasteiger partial charge in [0, 0.05) is 34.0 Å². The molecule has 37 heavy (non-hydrogen) atoms. The van der Waals surface area contributed by atoms with Gasteiger partial charge in [-0.25, -0.2) is 4.98 Å². The number of anilines is 1. The van der Waals surface area contributed by atoms with Crippen LogP contribution in [0.2, 0.25) is 5.02 Å². The van der Waals surface area contributed by atoms with E-state index in [1.165, 1.54) is 11.8 Å². The first kappa shape index (κ1) is 26.3. The number of pyridine rings is 1. The molecule has 0 aliphatic carbocycles. The molecule has 0 saturated heterocycles. The minimum atomic E-state index is -0.124. The highest BCUT2D eigenvalue weighted by molar-refractivity contribution is 7.99. The van der Waals surface area contributed by atoms with E-state index in [0.717, 1.165) is 39.3 Å². The molecule has 0 unspecified atom stereocenters. The van der Waals surface area contributed by atoms with Crippen molar-refractivity contribution in [2.75, 3.05) is 18.2 Å². The van der Waals surface area contributed by atoms with Gasteiger partial charge in [-0.1, -0.05) is 47.5 Å². The highest BCUT2D eigenvalue weighted by Gasteiger charge is 2.17. The zero-order valence-corrected chi connectivity index (χ0v) is 22.4. The number of benzene rings is 3. The van der Waals surface area contributed by atoms with Crippen LogP contribution in [0, 0.1) is 25.2 Å². The van der Waals surface area contributed by atoms with Gasteiger partial charge in [-0.05, 0) is 67.4 Å². The van der Waals surface area contributed by atoms with Crippen molar-refractivity contribution in [2.45, 2.75) is 25.3 Å². The van der Waals surface area contributed by atoms with Crippen molar-refractivity contribution in [3.05, 3.63) is 94.5 Å². The number of aryl methyl sites for hydroxylation is 1. The molecule has 5 nitrogen and oxygen atoms in total. The van der Waals surface area contributed by atoms with Crippen LogP contribution in [0.15, 0.2) is 77.8 Å². The molecule has 186 valence electrons. The lowest BCUT2D eigenvalue weighted by Gasteiger charge is -2.13. The van der Waals surface area contributed by atoms with Crippen LogP contribution in [-0.2, 0) is 4.79 Å². The predicted molar refractivity (Wildman–Crippen MR) is 151 cm³/mol. The molecule has 0 atom stereocenters. The van der Waals surface area contributed by atoms with Crippen LogP contribution in [0.25, 0.3) is 22.4 Å². The number of rotatable bonds is 8. The fourth-order valence-corrected chi connectivity index (χ4v) is 4.92. The van der Waals surface area contributed by atoms with Gasteiger partial charge < -0.3 is 10.1 Å². The van der Waals surface area contributed by atoms with Crippen LogP contribution in [0.3, 0.4) is 0 Å². The number of ether oxygens (including phenoxy) is 1. The molecule has 0 aliphatic heterocycles. The fraction of sp³-hybridized carbons (Fsp3) is 0.167. The molecular formula is C30H26ClN3O2S. The summed E-state index contributed by atoms with van der Waals surface area (Å²) < 4.78 is 5.29. The van der Waals surface area contributed by atoms with Gasteiger partial charge in [-0.15, -0.1) is 11.8 Å². The number of aromatic nitrogens is 1. The smallest absolute Gasteiger partial charge is 0.225 e. The molecule has 1 N–H and O–H groups in total. The largest absolute Gasteiger partial charge is 0.497 e. The zero-order chi connectivity index (χ0) is 26.4. The Morgan fingerprint density at radius 1 is 1.05 bits per heavy atom. The van der Waals surface area contributed by atoms with Gasteiger partial charge in [0.05, 0.1) is 18.4 Å². The second-order valence-electron chi connectivity index (χ2n) is 8.50. The summed E-state index contributed by atoms with van der Waals surface area (Å²) in [6.45, 7) is 3.90. The molecule has 0 fully saturated rings. The summed E-state index contributed by atoms with van der Waals surface area (Å²) in [5.41, 5.74) is 6.57. The van der Waals surface area contributed by atoms with Crippen LogP contribution < -0.4 is 10.1 Å². The number of methoxy groups -OCH3 is 1. The zero-order valence-electron chi connectivity index (χ0n) is 20.8. The van der Waals surface area contributed by atoms with E-state index >= 15 is 0 Å². The van der Waals surface area contributed by atoms with E-state index in [0.29, 0.717) is 27.1 Å². The summed E-state index contributed by atoms with van der Waals surface area (Å²) in [5.74, 6) is 1.10. The van der Waals surface area contributed by atoms with E-state index in [1.54, 1.807) is 19.2 Å². The van der Waals surface area contributed by atoms with Crippen molar-refractivity contribution in [2.24, 2.45) is 0 Å². The topological polar surface area (TPSA) is 75.0 Å². The number of amides is 1. The maximum atomic E-state index is 12.6. The van der Waals surface area contributed by atoms with E-state index in [9.17, 15) is 10.1 Å². The lowest BCUT2D eigenvalue weighted by molar-refractivity contribution is -0.115. The van der Waals surface area contributed by atoms with Gasteiger partial charge in [0.15, 0.2) is 0 Å². The Kier molecular flexibility index (Phi) is 8.50. The third kappa shape index (κ3) is 6.32. The van der Waals surface area contributed by atoms with E-state index in [1.807, 2.05) is 74.5 Å². The first-order valence-electron chi connectivity index (χ1n) is 11.7. The molecule has 1 heterocycles. The minimum absolute atomic E-state index is 0.124. The van der Waals surface area contributed by atoms with Crippen molar-refractivity contribution in [3.63, 3.8) is 0 Å². The average molecular weight is 528 g/mol. The number of carbonyl (C=O) groups is 1. The molecule has 0 spiro atoms. The molecular weight excluding hydrogens is 502 g/mol. The van der Waals surface area contributed by atoms with Crippen molar-refractivity contribution in [1.29, 1.82) is 5.26 Å². The lowest BCUT2D eigenvalue weighted by atomic mass is 9.98. The minimum Gasteiger partial charge on any atom is -0.497 e. The number of nitrogens with one attached hydrogen (secondary N) is 1. The number of thioether (sulfide) groups is 1. The summed E-state index contributed by atoms with van der Waals surface area (Å²) in [6.07, 6.45) is 0.260. The van der Waals surface area contributed by atoms with Gasteiger partial charge in [0.2, 0.25) is 5.91 Å². The Hall–Kier alpha value is -3.79. The van der Waals surface area contributed by atoms with E-state index in [-0.39, 0.29) is 12.3 Å². The molecule has 3 aromatic carbocycles. The quantitative estimate of drug-likeness (QED) is 0.238. The SMILES string of the molecule is COc1ccc(-c2cc(-c3ccc(C)cc3)c(C#N)c(SCCC(=O)Nc3cccc(Cl)c3C)n2)cc1. The van der Waals surface area contributed by atoms with Crippen molar-refractivity contribution >= 4 is 35.0 Å². The number of nitriles is 1. The maximum Gasteiger partial charge on any atom is 0.225 e. The lowest BCUT2D eigenvalue weighted by Crippen LogP contribution is -2.13. The maximum absolute atomic E-state index is 12.6. The Bertz CT molecular complexity index is 1460. The number of hydrogen-bond donors (Lipinski definition) is 1. The summed E-state index contributed by atoms with van der Waals surface area (Å²) >= 11 is 7.57. The molecule has 0 radical (unpaired) electrons. The molecule has 4 aromatic rings. The van der Waals surface area contributed by atoms with Crippen molar-refractivity contribution < 1.29 is 9.53 Å². The number of hydrogen-bond acceptors (Lipinski definition) is 5. The second-order valence-corrected chi connectivity index (χ2v) is 9.99. The summed E-state index contributed by atoms with van der Waals surface area (Å²) in [6, 6.07) is 25.5. The summed E-state index contributed by atoms with van der Waals surface area (Å²) in [4.78, 5) is 17.5. The van der Waals surface area contributed by atoms with E-state index in [2.05, 4.69) is 11.4 Å². The molecule has 0 aliphatic rings. The second kappa shape index (κ2) is 12.0. The highest BCUT2D eigenvalue weighted by Crippen LogP contribution is 2.35. The van der Waals surface area contributed by atoms with Gasteiger partial charge in [0.1, 0.15) is 16.8 Å². The Morgan fingerprint density at radius 3 is 2.43 bits per heavy atom. The Labute approximate surface area is 226 Å². The van der Waals surface area contributed by atoms with Crippen molar-refractivity contribution in [1.82, 2.24) is 4.98 Å². The summed E-state index contributed by atoms with van der Waals surface area (Å²) in [7, 11) is 1.63. The first-order valence-corrected chi connectivity index (χ1v) is 13.1. The van der Waals surface area contributed by atoms with E-state index < -0.39 is 0 Å². The third-order valence-corrected chi connectivity index (χ3v) is 7.34. The van der Waals surface area contributed by atoms with Gasteiger partial charge in [-0.3, -0.25) is 4.79 Å². The first-order chi connectivity index (χ1) is 17.9. The number of halogens is 1. The third-order valence-electron chi connectivity index (χ3n) is 5.96. The Morgan fingerprint density at radius 2 is 1.76 bits per heavy atom. The predicted octanol–water partition coefficient (Wildman–Crippen LogP) is 7.69. The Balaban J connectivity index is 1.62. The standard InChI is InChI=1S/C30H26ClN3O2S/c1-19-7-9-21(10-8-19)24-17-28(22-11-13-23(36-3)14-12-22)34-30(25(24)18-32)37-16-15-29(35)33-27-6-4-5-26(31)20(27)2/h4-14,17H,15-16H2,1-3H3,(H,33,35). The molecule has 1 aromatic heterocycles. The monoisotopic (exact) mass is 527 g/mol. The molecule has 0 saturated carbocycles. The van der Waals surface area contributed by atoms with Gasteiger partial charge in [0.25, 0.3) is 0 Å². The van der Waals surface area contributed by atoms with Crippen LogP contribution in [0.1, 0.15) is 23.1 Å². The van der Waals surface area contributed by atoms with Crippen LogP contribution in [0.5, 0.6) is 5.75 Å². The van der Waals surface area contributed by atoms with Gasteiger partial charge in [-0.2, -0.15) is 5.26 Å². The fourth-order valence-electron chi connectivity index (χ4n) is 3.80. The molecule has 0 bridgehead atoms. The molecule has 7 heteroatoms. The van der Waals surface area contributed by atoms with Gasteiger partial charge >= 0.3 is 0 Å². The number of nitrogens with zero attached hydrogens (tertiary/aromatic N) is 2. The normalized spacial score (nSPS) is 10.6. The van der Waals surface area contributed by atoms with Crippen LogP contribution >= 0.6 is 23.4 Å². The van der Waals surface area contributed by atoms with Crippen molar-refractivity contribution in [3.8, 4) is 34.2 Å². The van der Waals surface area contributed by atoms with Crippen LogP contribution in [0.4, 0.5) is 5.69 Å². The number of carbonyl (C=O) groups excluding carboxylic acids is 1. The highest BCUT2D eigenvalue weighted by atomic mass is 35.5. The summed E-state index contributed by atoms with van der Waals surface area (Å²) in [5, 5.41) is 14.2. The molecule has 1 amide bonds. The average Bonchev–Trinajstić information content (AvgIpc) is 2.91. The van der Waals surface area contributed by atoms with Crippen LogP contribution in [-0.4, -0.2) is 23.8 Å². The molecule has 4 rings (SSSR count). The van der Waals surface area contributed by atoms with E-state index in [4.69, 9.17) is 21.3 Å².